The molecule has 0 amide bonds. The summed E-state index contributed by atoms with van der Waals surface area (Å²) in [6.07, 6.45) is 6.86. The first-order chi connectivity index (χ1) is 17.5. The van der Waals surface area contributed by atoms with Gasteiger partial charge in [0.25, 0.3) is 5.56 Å². The molecule has 8 nitrogen and oxygen atoms in total. The molecule has 0 atom stereocenters. The molecule has 2 saturated heterocycles. The number of nitrogens with zero attached hydrogens (tertiary/aromatic N) is 3. The molecule has 0 aliphatic carbocycles. The lowest BCUT2D eigenvalue weighted by atomic mass is 9.89. The van der Waals surface area contributed by atoms with Gasteiger partial charge in [0.15, 0.2) is 12.6 Å². The van der Waals surface area contributed by atoms with Crippen LogP contribution in [0, 0.1) is 0 Å². The molecule has 3 aromatic heterocycles. The SMILES string of the molecule is CC1OC(c2cncc(-c3cc4cc[nH]c(=O)c4c(Nc4ccc(C5CCN(C)CC5)cc4)n3)c2)O1. The first-order valence-electron chi connectivity index (χ1n) is 12.4. The highest BCUT2D eigenvalue weighted by Gasteiger charge is 2.29. The summed E-state index contributed by atoms with van der Waals surface area (Å²) in [5.74, 6) is 1.10. The summed E-state index contributed by atoms with van der Waals surface area (Å²) < 4.78 is 11.2. The fourth-order valence-corrected chi connectivity index (χ4v) is 5.01. The molecule has 0 bridgehead atoms. The zero-order chi connectivity index (χ0) is 24.6. The maximum absolute atomic E-state index is 12.8. The minimum absolute atomic E-state index is 0.186. The van der Waals surface area contributed by atoms with E-state index < -0.39 is 6.29 Å². The predicted octanol–water partition coefficient (Wildman–Crippen LogP) is 4.93. The largest absolute Gasteiger partial charge is 0.340 e. The molecule has 2 aliphatic rings. The number of H-pyrrole nitrogens is 1. The lowest BCUT2D eigenvalue weighted by molar-refractivity contribution is -0.382. The third-order valence-electron chi connectivity index (χ3n) is 7.08. The highest BCUT2D eigenvalue weighted by atomic mass is 16.9. The zero-order valence-corrected chi connectivity index (χ0v) is 20.4. The maximum Gasteiger partial charge on any atom is 0.259 e. The van der Waals surface area contributed by atoms with Crippen molar-refractivity contribution in [2.45, 2.75) is 38.3 Å². The number of pyridine rings is 3. The number of hydrogen-bond donors (Lipinski definition) is 2. The molecule has 0 radical (unpaired) electrons. The van der Waals surface area contributed by atoms with Gasteiger partial charge in [-0.25, -0.2) is 4.98 Å². The van der Waals surface area contributed by atoms with E-state index in [1.807, 2.05) is 25.1 Å². The van der Waals surface area contributed by atoms with Crippen LogP contribution in [-0.2, 0) is 9.47 Å². The van der Waals surface area contributed by atoms with E-state index in [4.69, 9.17) is 14.5 Å². The van der Waals surface area contributed by atoms with Gasteiger partial charge in [-0.05, 0) is 87.1 Å². The van der Waals surface area contributed by atoms with Gasteiger partial charge in [-0.3, -0.25) is 9.78 Å². The number of aromatic nitrogens is 3. The molecular formula is C28H29N5O3. The molecule has 8 heteroatoms. The van der Waals surface area contributed by atoms with E-state index in [0.29, 0.717) is 22.8 Å². The Labute approximate surface area is 209 Å². The highest BCUT2D eigenvalue weighted by molar-refractivity contribution is 5.95. The van der Waals surface area contributed by atoms with Crippen LogP contribution in [0.25, 0.3) is 22.0 Å². The normalized spacial score (nSPS) is 20.8. The maximum atomic E-state index is 12.8. The highest BCUT2D eigenvalue weighted by Crippen LogP contribution is 2.34. The number of benzene rings is 1. The van der Waals surface area contributed by atoms with Crippen LogP contribution in [-0.4, -0.2) is 46.3 Å². The molecule has 5 heterocycles. The van der Waals surface area contributed by atoms with Gasteiger partial charge in [0.1, 0.15) is 5.82 Å². The second kappa shape index (κ2) is 9.46. The van der Waals surface area contributed by atoms with Crippen molar-refractivity contribution < 1.29 is 9.47 Å². The third-order valence-corrected chi connectivity index (χ3v) is 7.08. The Kier molecular flexibility index (Phi) is 6.00. The lowest BCUT2D eigenvalue weighted by Gasteiger charge is -2.33. The summed E-state index contributed by atoms with van der Waals surface area (Å²) >= 11 is 0. The Hall–Kier alpha value is -3.59. The zero-order valence-electron chi connectivity index (χ0n) is 20.4. The van der Waals surface area contributed by atoms with Gasteiger partial charge in [-0.2, -0.15) is 0 Å². The van der Waals surface area contributed by atoms with Crippen LogP contribution in [0.3, 0.4) is 0 Å². The van der Waals surface area contributed by atoms with Crippen molar-refractivity contribution in [3.05, 3.63) is 82.5 Å². The summed E-state index contributed by atoms with van der Waals surface area (Å²) in [5, 5.41) is 4.71. The molecule has 4 aromatic rings. The first kappa shape index (κ1) is 22.8. The monoisotopic (exact) mass is 483 g/mol. The first-order valence-corrected chi connectivity index (χ1v) is 12.4. The van der Waals surface area contributed by atoms with Crippen LogP contribution in [0.4, 0.5) is 11.5 Å². The van der Waals surface area contributed by atoms with Gasteiger partial charge < -0.3 is 24.7 Å². The van der Waals surface area contributed by atoms with E-state index in [1.165, 1.54) is 18.4 Å². The van der Waals surface area contributed by atoms with Crippen LogP contribution < -0.4 is 10.9 Å². The van der Waals surface area contributed by atoms with Crippen molar-refractivity contribution in [3.8, 4) is 11.3 Å². The standard InChI is InChI=1S/C28H29N5O3/c1-17-35-28(36-17)22-13-21(15-29-16-22)24-14-20-7-10-30-27(34)25(20)26(32-24)31-23-5-3-18(4-6-23)19-8-11-33(2)12-9-19/h3-7,10,13-17,19,28H,8-9,11-12H2,1-2H3,(H,30,34)(H,31,32). The summed E-state index contributed by atoms with van der Waals surface area (Å²) in [6, 6.07) is 14.3. The molecular weight excluding hydrogens is 454 g/mol. The molecule has 2 fully saturated rings. The van der Waals surface area contributed by atoms with Gasteiger partial charge in [-0.1, -0.05) is 12.1 Å². The summed E-state index contributed by atoms with van der Waals surface area (Å²) in [7, 11) is 2.18. The fraction of sp³-hybridized carbons (Fsp3) is 0.321. The van der Waals surface area contributed by atoms with E-state index >= 15 is 0 Å². The van der Waals surface area contributed by atoms with Crippen molar-refractivity contribution in [2.24, 2.45) is 0 Å². The molecule has 2 N–H and O–H groups in total. The second-order valence-electron chi connectivity index (χ2n) is 9.63. The number of nitrogens with one attached hydrogen (secondary N) is 2. The van der Waals surface area contributed by atoms with E-state index in [2.05, 4.69) is 51.5 Å². The fourth-order valence-electron chi connectivity index (χ4n) is 5.01. The Morgan fingerprint density at radius 3 is 2.56 bits per heavy atom. The molecule has 1 aromatic carbocycles. The third kappa shape index (κ3) is 4.51. The number of likely N-dealkylation sites (tertiary alicyclic amines) is 1. The number of anilines is 2. The quantitative estimate of drug-likeness (QED) is 0.416. The molecule has 0 saturated carbocycles. The minimum atomic E-state index is -0.420. The minimum Gasteiger partial charge on any atom is -0.340 e. The smallest absolute Gasteiger partial charge is 0.259 e. The van der Waals surface area contributed by atoms with Gasteiger partial charge in [-0.15, -0.1) is 0 Å². The number of hydrogen-bond acceptors (Lipinski definition) is 7. The molecule has 184 valence electrons. The van der Waals surface area contributed by atoms with Crippen LogP contribution in [0.1, 0.15) is 43.1 Å². The van der Waals surface area contributed by atoms with Crippen LogP contribution in [0.5, 0.6) is 0 Å². The van der Waals surface area contributed by atoms with Gasteiger partial charge in [0.2, 0.25) is 0 Å². The Morgan fingerprint density at radius 2 is 1.81 bits per heavy atom. The Bertz CT molecular complexity index is 1440. The second-order valence-corrected chi connectivity index (χ2v) is 9.63. The van der Waals surface area contributed by atoms with E-state index in [-0.39, 0.29) is 11.8 Å². The molecule has 0 unspecified atom stereocenters. The topological polar surface area (TPSA) is 92.4 Å². The van der Waals surface area contributed by atoms with E-state index in [0.717, 1.165) is 35.3 Å². The summed E-state index contributed by atoms with van der Waals surface area (Å²) in [5.41, 5.74) is 4.42. The van der Waals surface area contributed by atoms with Crippen molar-refractivity contribution in [1.82, 2.24) is 19.9 Å². The van der Waals surface area contributed by atoms with Gasteiger partial charge in [0, 0.05) is 35.4 Å². The molecule has 6 rings (SSSR count). The van der Waals surface area contributed by atoms with Crippen molar-refractivity contribution in [3.63, 3.8) is 0 Å². The molecule has 36 heavy (non-hydrogen) atoms. The number of piperidine rings is 1. The number of fused-ring (bicyclic) bond motifs is 1. The van der Waals surface area contributed by atoms with Crippen LogP contribution in [0.15, 0.2) is 65.8 Å². The number of rotatable bonds is 5. The van der Waals surface area contributed by atoms with Crippen LogP contribution >= 0.6 is 0 Å². The Morgan fingerprint density at radius 1 is 1.03 bits per heavy atom. The summed E-state index contributed by atoms with van der Waals surface area (Å²) in [4.78, 5) is 27.1. The van der Waals surface area contributed by atoms with Crippen molar-refractivity contribution in [1.29, 1.82) is 0 Å². The van der Waals surface area contributed by atoms with Gasteiger partial charge >= 0.3 is 0 Å². The van der Waals surface area contributed by atoms with E-state index in [9.17, 15) is 4.79 Å². The van der Waals surface area contributed by atoms with Gasteiger partial charge in [0.05, 0.1) is 11.1 Å². The number of ether oxygens (including phenoxy) is 2. The van der Waals surface area contributed by atoms with Crippen molar-refractivity contribution >= 4 is 22.3 Å². The van der Waals surface area contributed by atoms with Crippen molar-refractivity contribution in [2.75, 3.05) is 25.5 Å². The predicted molar refractivity (Wildman–Crippen MR) is 139 cm³/mol. The molecule has 0 spiro atoms. The Balaban J connectivity index is 1.33. The number of aromatic amines is 1. The molecule has 2 aliphatic heterocycles. The average molecular weight is 484 g/mol. The average Bonchev–Trinajstić information content (AvgIpc) is 2.88. The van der Waals surface area contributed by atoms with E-state index in [1.54, 1.807) is 18.6 Å². The lowest BCUT2D eigenvalue weighted by Crippen LogP contribution is -2.31. The van der Waals surface area contributed by atoms with Crippen LogP contribution in [0.2, 0.25) is 0 Å². The summed E-state index contributed by atoms with van der Waals surface area (Å²) in [6.45, 7) is 4.11.